The first-order valence-electron chi connectivity index (χ1n) is 10.3. The summed E-state index contributed by atoms with van der Waals surface area (Å²) >= 11 is 0. The third-order valence-electron chi connectivity index (χ3n) is 5.41. The maximum Gasteiger partial charge on any atom is 0.255 e. The van der Waals surface area contributed by atoms with Gasteiger partial charge in [0, 0.05) is 25.3 Å². The van der Waals surface area contributed by atoms with Gasteiger partial charge in [-0.1, -0.05) is 18.2 Å². The zero-order valence-corrected chi connectivity index (χ0v) is 16.2. The van der Waals surface area contributed by atoms with E-state index in [9.17, 15) is 4.79 Å². The van der Waals surface area contributed by atoms with Crippen molar-refractivity contribution in [3.63, 3.8) is 0 Å². The summed E-state index contributed by atoms with van der Waals surface area (Å²) < 4.78 is 11.4. The smallest absolute Gasteiger partial charge is 0.255 e. The summed E-state index contributed by atoms with van der Waals surface area (Å²) in [6.45, 7) is 3.43. The van der Waals surface area contributed by atoms with E-state index in [0.29, 0.717) is 17.9 Å². The Kier molecular flexibility index (Phi) is 6.12. The van der Waals surface area contributed by atoms with Crippen LogP contribution in [0.2, 0.25) is 0 Å². The molecular weight excluding hydrogens is 352 g/mol. The lowest BCUT2D eigenvalue weighted by Crippen LogP contribution is -2.30. The number of rotatable bonds is 6. The maximum absolute atomic E-state index is 12.9. The molecular formula is C23H28N2O3. The summed E-state index contributed by atoms with van der Waals surface area (Å²) in [5.74, 6) is 0.583. The van der Waals surface area contributed by atoms with Crippen LogP contribution in [-0.2, 0) is 4.74 Å². The third kappa shape index (κ3) is 4.65. The number of carbonyl (C=O) groups excluding carboxylic acids is 1. The first-order chi connectivity index (χ1) is 13.8. The van der Waals surface area contributed by atoms with Gasteiger partial charge in [0.05, 0.1) is 17.5 Å². The number of amides is 1. The number of piperidine rings is 1. The number of benzene rings is 2. The van der Waals surface area contributed by atoms with Crippen LogP contribution in [0.15, 0.2) is 48.5 Å². The van der Waals surface area contributed by atoms with Crippen molar-refractivity contribution in [2.24, 2.45) is 0 Å². The Morgan fingerprint density at radius 2 is 1.93 bits per heavy atom. The molecule has 0 saturated carbocycles. The number of hydrogen-bond acceptors (Lipinski definition) is 4. The van der Waals surface area contributed by atoms with Gasteiger partial charge in [0.25, 0.3) is 5.91 Å². The molecule has 4 rings (SSSR count). The van der Waals surface area contributed by atoms with Gasteiger partial charge in [-0.3, -0.25) is 4.79 Å². The average Bonchev–Trinajstić information content (AvgIpc) is 3.27. The predicted octanol–water partition coefficient (Wildman–Crippen LogP) is 4.49. The lowest BCUT2D eigenvalue weighted by molar-refractivity contribution is 0.0679. The second-order valence-electron chi connectivity index (χ2n) is 7.49. The summed E-state index contributed by atoms with van der Waals surface area (Å²) in [5.41, 5.74) is 2.56. The molecule has 1 amide bonds. The zero-order valence-electron chi connectivity index (χ0n) is 16.2. The van der Waals surface area contributed by atoms with E-state index in [0.717, 1.165) is 43.9 Å². The Morgan fingerprint density at radius 1 is 1.07 bits per heavy atom. The molecule has 2 fully saturated rings. The number of carbonyl (C=O) groups is 1. The molecule has 148 valence electrons. The summed E-state index contributed by atoms with van der Waals surface area (Å²) in [6, 6.07) is 15.4. The Labute approximate surface area is 166 Å². The number of nitrogens with zero attached hydrogens (tertiary/aromatic N) is 1. The fourth-order valence-electron chi connectivity index (χ4n) is 3.88. The van der Waals surface area contributed by atoms with Gasteiger partial charge in [0.1, 0.15) is 12.4 Å². The molecule has 2 heterocycles. The van der Waals surface area contributed by atoms with Crippen molar-refractivity contribution in [2.45, 2.75) is 38.2 Å². The van der Waals surface area contributed by atoms with Crippen molar-refractivity contribution in [1.29, 1.82) is 0 Å². The fraction of sp³-hybridized carbons (Fsp3) is 0.435. The van der Waals surface area contributed by atoms with Crippen LogP contribution in [0.4, 0.5) is 11.4 Å². The second-order valence-corrected chi connectivity index (χ2v) is 7.49. The van der Waals surface area contributed by atoms with Gasteiger partial charge in [-0.05, 0) is 62.4 Å². The lowest BCUT2D eigenvalue weighted by Gasteiger charge is -2.30. The molecule has 0 bridgehead atoms. The van der Waals surface area contributed by atoms with Crippen molar-refractivity contribution < 1.29 is 14.3 Å². The summed E-state index contributed by atoms with van der Waals surface area (Å²) in [7, 11) is 0. The third-order valence-corrected chi connectivity index (χ3v) is 5.41. The largest absolute Gasteiger partial charge is 0.491 e. The number of hydrogen-bond donors (Lipinski definition) is 1. The highest BCUT2D eigenvalue weighted by Gasteiger charge is 2.18. The number of ether oxygens (including phenoxy) is 2. The standard InChI is InChI=1S/C23H28N2O3/c26-23(18-8-6-9-19(16-18)28-17-20-10-7-15-27-20)24-21-11-2-3-12-22(21)25-13-4-1-5-14-25/h2-3,6,8-9,11-12,16,20H,1,4-5,7,10,13-15,17H2,(H,24,26). The van der Waals surface area contributed by atoms with Crippen LogP contribution in [0.3, 0.4) is 0 Å². The fourth-order valence-corrected chi connectivity index (χ4v) is 3.88. The van der Waals surface area contributed by atoms with Gasteiger partial charge in [0.15, 0.2) is 0 Å². The van der Waals surface area contributed by atoms with Crippen molar-refractivity contribution in [3.8, 4) is 5.75 Å². The highest BCUT2D eigenvalue weighted by molar-refractivity contribution is 6.06. The van der Waals surface area contributed by atoms with E-state index in [1.807, 2.05) is 36.4 Å². The molecule has 0 radical (unpaired) electrons. The van der Waals surface area contributed by atoms with Crippen LogP contribution in [0.25, 0.3) is 0 Å². The zero-order chi connectivity index (χ0) is 19.2. The minimum absolute atomic E-state index is 0.118. The van der Waals surface area contributed by atoms with Crippen LogP contribution >= 0.6 is 0 Å². The minimum Gasteiger partial charge on any atom is -0.491 e. The molecule has 2 aromatic carbocycles. The minimum atomic E-state index is -0.118. The molecule has 0 aromatic heterocycles. The second kappa shape index (κ2) is 9.11. The van der Waals surface area contributed by atoms with Crippen LogP contribution < -0.4 is 15.0 Å². The molecule has 2 aliphatic rings. The quantitative estimate of drug-likeness (QED) is 0.802. The van der Waals surface area contributed by atoms with Crippen molar-refractivity contribution in [1.82, 2.24) is 0 Å². The SMILES string of the molecule is O=C(Nc1ccccc1N1CCCCC1)c1cccc(OCC2CCCO2)c1. The molecule has 1 unspecified atom stereocenters. The molecule has 2 aromatic rings. The Morgan fingerprint density at radius 3 is 2.75 bits per heavy atom. The molecule has 5 nitrogen and oxygen atoms in total. The van der Waals surface area contributed by atoms with Gasteiger partial charge in [-0.2, -0.15) is 0 Å². The van der Waals surface area contributed by atoms with Crippen molar-refractivity contribution in [3.05, 3.63) is 54.1 Å². The molecule has 1 N–H and O–H groups in total. The molecule has 0 aliphatic carbocycles. The first-order valence-corrected chi connectivity index (χ1v) is 10.3. The molecule has 0 spiro atoms. The van der Waals surface area contributed by atoms with E-state index in [2.05, 4.69) is 16.3 Å². The highest BCUT2D eigenvalue weighted by atomic mass is 16.5. The first kappa shape index (κ1) is 18.8. The Hall–Kier alpha value is -2.53. The average molecular weight is 380 g/mol. The summed E-state index contributed by atoms with van der Waals surface area (Å²) in [5, 5.41) is 3.09. The van der Waals surface area contributed by atoms with E-state index < -0.39 is 0 Å². The topological polar surface area (TPSA) is 50.8 Å². The Balaban J connectivity index is 1.43. The highest BCUT2D eigenvalue weighted by Crippen LogP contribution is 2.29. The van der Waals surface area contributed by atoms with E-state index >= 15 is 0 Å². The van der Waals surface area contributed by atoms with Gasteiger partial charge in [-0.15, -0.1) is 0 Å². The van der Waals surface area contributed by atoms with Gasteiger partial charge >= 0.3 is 0 Å². The summed E-state index contributed by atoms with van der Waals surface area (Å²) in [4.78, 5) is 15.2. The number of para-hydroxylation sites is 2. The van der Waals surface area contributed by atoms with Crippen molar-refractivity contribution in [2.75, 3.05) is 36.5 Å². The number of nitrogens with one attached hydrogen (secondary N) is 1. The van der Waals surface area contributed by atoms with Gasteiger partial charge in [-0.25, -0.2) is 0 Å². The lowest BCUT2D eigenvalue weighted by atomic mass is 10.1. The summed E-state index contributed by atoms with van der Waals surface area (Å²) in [6.07, 6.45) is 5.97. The molecule has 2 saturated heterocycles. The Bertz CT molecular complexity index is 796. The molecule has 28 heavy (non-hydrogen) atoms. The van der Waals surface area contributed by atoms with E-state index in [4.69, 9.17) is 9.47 Å². The van der Waals surface area contributed by atoms with E-state index in [1.54, 1.807) is 6.07 Å². The van der Waals surface area contributed by atoms with Crippen molar-refractivity contribution >= 4 is 17.3 Å². The normalized spacial score (nSPS) is 19.4. The molecule has 1 atom stereocenters. The predicted molar refractivity (Wildman–Crippen MR) is 111 cm³/mol. The number of anilines is 2. The molecule has 2 aliphatic heterocycles. The van der Waals surface area contributed by atoms with E-state index in [-0.39, 0.29) is 12.0 Å². The van der Waals surface area contributed by atoms with Crippen LogP contribution in [0.1, 0.15) is 42.5 Å². The van der Waals surface area contributed by atoms with E-state index in [1.165, 1.54) is 19.3 Å². The van der Waals surface area contributed by atoms with Crippen LogP contribution in [-0.4, -0.2) is 38.3 Å². The molecule has 5 heteroatoms. The van der Waals surface area contributed by atoms with Crippen LogP contribution in [0, 0.1) is 0 Å². The van der Waals surface area contributed by atoms with Gasteiger partial charge < -0.3 is 19.7 Å². The monoisotopic (exact) mass is 380 g/mol. The van der Waals surface area contributed by atoms with Crippen LogP contribution in [0.5, 0.6) is 5.75 Å². The van der Waals surface area contributed by atoms with Gasteiger partial charge in [0.2, 0.25) is 0 Å². The maximum atomic E-state index is 12.9.